The van der Waals surface area contributed by atoms with E-state index in [9.17, 15) is 13.2 Å². The molecule has 0 bridgehead atoms. The van der Waals surface area contributed by atoms with Crippen molar-refractivity contribution in [1.29, 1.82) is 0 Å². The van der Waals surface area contributed by atoms with Crippen LogP contribution in [0.15, 0.2) is 0 Å². The van der Waals surface area contributed by atoms with Gasteiger partial charge in [0.1, 0.15) is 6.61 Å². The molecule has 0 radical (unpaired) electrons. The zero-order chi connectivity index (χ0) is 13.6. The van der Waals surface area contributed by atoms with Crippen LogP contribution in [0.4, 0.5) is 13.2 Å². The van der Waals surface area contributed by atoms with Crippen molar-refractivity contribution in [3.05, 3.63) is 0 Å². The highest BCUT2D eigenvalue weighted by Crippen LogP contribution is 2.16. The second-order valence-corrected chi connectivity index (χ2v) is 5.19. The molecule has 0 aliphatic carbocycles. The Morgan fingerprint density at radius 1 is 1.39 bits per heavy atom. The van der Waals surface area contributed by atoms with Gasteiger partial charge in [-0.05, 0) is 25.4 Å². The lowest BCUT2D eigenvalue weighted by atomic mass is 10.1. The van der Waals surface area contributed by atoms with Gasteiger partial charge in [-0.1, -0.05) is 13.8 Å². The first-order chi connectivity index (χ1) is 8.37. The Bertz CT molecular complexity index is 234. The van der Waals surface area contributed by atoms with Gasteiger partial charge in [0.15, 0.2) is 0 Å². The van der Waals surface area contributed by atoms with Gasteiger partial charge in [-0.3, -0.25) is 0 Å². The average Bonchev–Trinajstić information content (AvgIpc) is 2.68. The summed E-state index contributed by atoms with van der Waals surface area (Å²) >= 11 is 0. The van der Waals surface area contributed by atoms with E-state index in [1.807, 2.05) is 0 Å². The van der Waals surface area contributed by atoms with Crippen LogP contribution in [0.2, 0.25) is 0 Å². The van der Waals surface area contributed by atoms with Crippen molar-refractivity contribution in [2.75, 3.05) is 39.4 Å². The second-order valence-electron chi connectivity index (χ2n) is 5.19. The van der Waals surface area contributed by atoms with Gasteiger partial charge in [-0.15, -0.1) is 0 Å². The number of nitrogens with zero attached hydrogens (tertiary/aromatic N) is 1. The van der Waals surface area contributed by atoms with Gasteiger partial charge in [-0.2, -0.15) is 13.2 Å². The fraction of sp³-hybridized carbons (Fsp3) is 1.00. The first-order valence-electron chi connectivity index (χ1n) is 6.47. The minimum atomic E-state index is -4.21. The molecule has 1 fully saturated rings. The Kier molecular flexibility index (Phi) is 6.38. The highest BCUT2D eigenvalue weighted by molar-refractivity contribution is 4.77. The molecule has 18 heavy (non-hydrogen) atoms. The molecule has 1 rings (SSSR count). The van der Waals surface area contributed by atoms with E-state index in [-0.39, 0.29) is 6.61 Å². The van der Waals surface area contributed by atoms with Crippen LogP contribution < -0.4 is 5.32 Å². The van der Waals surface area contributed by atoms with Crippen molar-refractivity contribution in [2.45, 2.75) is 32.5 Å². The van der Waals surface area contributed by atoms with Gasteiger partial charge < -0.3 is 15.0 Å². The van der Waals surface area contributed by atoms with E-state index in [1.165, 1.54) is 0 Å². The molecule has 0 amide bonds. The Labute approximate surface area is 107 Å². The second kappa shape index (κ2) is 7.31. The number of nitrogens with one attached hydrogen (secondary N) is 1. The summed E-state index contributed by atoms with van der Waals surface area (Å²) in [6, 6.07) is 0.481. The molecule has 0 saturated carbocycles. The average molecular weight is 268 g/mol. The van der Waals surface area contributed by atoms with E-state index >= 15 is 0 Å². The fourth-order valence-electron chi connectivity index (χ4n) is 2.07. The highest BCUT2D eigenvalue weighted by atomic mass is 19.4. The quantitative estimate of drug-likeness (QED) is 0.714. The molecular formula is C12H23F3N2O. The maximum atomic E-state index is 11.8. The van der Waals surface area contributed by atoms with Gasteiger partial charge in [0.2, 0.25) is 0 Å². The van der Waals surface area contributed by atoms with E-state index in [0.29, 0.717) is 18.5 Å². The van der Waals surface area contributed by atoms with Gasteiger partial charge in [0.05, 0.1) is 6.61 Å². The molecule has 1 heterocycles. The Hall–Kier alpha value is -0.330. The number of halogens is 3. The molecule has 108 valence electrons. The summed E-state index contributed by atoms with van der Waals surface area (Å²) in [5, 5.41) is 3.39. The molecule has 1 aliphatic rings. The fourth-order valence-corrected chi connectivity index (χ4v) is 2.07. The summed E-state index contributed by atoms with van der Waals surface area (Å²) in [5.74, 6) is 0.606. The third-order valence-corrected chi connectivity index (χ3v) is 3.00. The topological polar surface area (TPSA) is 24.5 Å². The van der Waals surface area contributed by atoms with E-state index in [4.69, 9.17) is 0 Å². The van der Waals surface area contributed by atoms with Crippen LogP contribution in [-0.4, -0.2) is 56.5 Å². The van der Waals surface area contributed by atoms with E-state index in [0.717, 1.165) is 26.1 Å². The van der Waals surface area contributed by atoms with Crippen LogP contribution in [0, 0.1) is 5.92 Å². The highest BCUT2D eigenvalue weighted by Gasteiger charge is 2.28. The summed E-state index contributed by atoms with van der Waals surface area (Å²) in [5.41, 5.74) is 0. The number of hydrogen-bond donors (Lipinski definition) is 1. The standard InChI is InChI=1S/C12H23F3N2O/c1-10(2)16-7-11-3-4-17(8-11)5-6-18-9-12(13,14)15/h10-11,16H,3-9H2,1-2H3. The normalized spacial score (nSPS) is 22.0. The van der Waals surface area contributed by atoms with Crippen LogP contribution >= 0.6 is 0 Å². The minimum absolute atomic E-state index is 0.157. The zero-order valence-electron chi connectivity index (χ0n) is 11.1. The lowest BCUT2D eigenvalue weighted by molar-refractivity contribution is -0.174. The van der Waals surface area contributed by atoms with Crippen LogP contribution in [0.25, 0.3) is 0 Å². The summed E-state index contributed by atoms with van der Waals surface area (Å²) in [4.78, 5) is 2.17. The third kappa shape index (κ3) is 7.18. The van der Waals surface area contributed by atoms with Crippen molar-refractivity contribution in [3.8, 4) is 0 Å². The molecule has 1 aliphatic heterocycles. The molecule has 0 aromatic carbocycles. The van der Waals surface area contributed by atoms with Gasteiger partial charge in [0, 0.05) is 19.1 Å². The predicted octanol–water partition coefficient (Wildman–Crippen LogP) is 1.89. The number of ether oxygens (including phenoxy) is 1. The van der Waals surface area contributed by atoms with Crippen LogP contribution in [0.3, 0.4) is 0 Å². The monoisotopic (exact) mass is 268 g/mol. The number of rotatable bonds is 7. The zero-order valence-corrected chi connectivity index (χ0v) is 11.1. The van der Waals surface area contributed by atoms with E-state index < -0.39 is 12.8 Å². The first-order valence-corrected chi connectivity index (χ1v) is 6.47. The van der Waals surface area contributed by atoms with Crippen molar-refractivity contribution in [2.24, 2.45) is 5.92 Å². The van der Waals surface area contributed by atoms with Crippen LogP contribution in [-0.2, 0) is 4.74 Å². The lowest BCUT2D eigenvalue weighted by Gasteiger charge is -2.17. The van der Waals surface area contributed by atoms with Crippen molar-refractivity contribution in [3.63, 3.8) is 0 Å². The summed E-state index contributed by atoms with van der Waals surface area (Å²) in [7, 11) is 0. The van der Waals surface area contributed by atoms with Gasteiger partial charge in [-0.25, -0.2) is 0 Å². The number of hydrogen-bond acceptors (Lipinski definition) is 3. The summed E-state index contributed by atoms with van der Waals surface area (Å²) < 4.78 is 40.2. The first kappa shape index (κ1) is 15.7. The van der Waals surface area contributed by atoms with Gasteiger partial charge in [0.25, 0.3) is 0 Å². The SMILES string of the molecule is CC(C)NCC1CCN(CCOCC(F)(F)F)C1. The Morgan fingerprint density at radius 2 is 2.11 bits per heavy atom. The molecule has 0 aromatic rings. The molecule has 1 N–H and O–H groups in total. The summed E-state index contributed by atoms with van der Waals surface area (Å²) in [6.07, 6.45) is -3.10. The smallest absolute Gasteiger partial charge is 0.371 e. The van der Waals surface area contributed by atoms with Crippen molar-refractivity contribution >= 4 is 0 Å². The Balaban J connectivity index is 2.04. The van der Waals surface area contributed by atoms with Crippen molar-refractivity contribution in [1.82, 2.24) is 10.2 Å². The molecule has 1 atom stereocenters. The molecule has 1 saturated heterocycles. The number of likely N-dealkylation sites (tertiary alicyclic amines) is 1. The molecule has 0 spiro atoms. The third-order valence-electron chi connectivity index (χ3n) is 3.00. The molecule has 1 unspecified atom stereocenters. The van der Waals surface area contributed by atoms with E-state index in [2.05, 4.69) is 28.8 Å². The number of alkyl halides is 3. The maximum absolute atomic E-state index is 11.8. The van der Waals surface area contributed by atoms with Crippen molar-refractivity contribution < 1.29 is 17.9 Å². The van der Waals surface area contributed by atoms with Crippen LogP contribution in [0.5, 0.6) is 0 Å². The summed E-state index contributed by atoms with van der Waals surface area (Å²) in [6.45, 7) is 6.72. The maximum Gasteiger partial charge on any atom is 0.411 e. The van der Waals surface area contributed by atoms with E-state index in [1.54, 1.807) is 0 Å². The Morgan fingerprint density at radius 3 is 2.72 bits per heavy atom. The molecular weight excluding hydrogens is 245 g/mol. The largest absolute Gasteiger partial charge is 0.411 e. The van der Waals surface area contributed by atoms with Crippen LogP contribution in [0.1, 0.15) is 20.3 Å². The molecule has 3 nitrogen and oxygen atoms in total. The predicted molar refractivity (Wildman–Crippen MR) is 64.6 cm³/mol. The molecule has 6 heteroatoms. The van der Waals surface area contributed by atoms with Gasteiger partial charge >= 0.3 is 6.18 Å². The minimum Gasteiger partial charge on any atom is -0.371 e. The lowest BCUT2D eigenvalue weighted by Crippen LogP contribution is -2.32. The molecule has 0 aromatic heterocycles.